The van der Waals surface area contributed by atoms with Crippen molar-refractivity contribution in [2.24, 2.45) is 0 Å². The van der Waals surface area contributed by atoms with Gasteiger partial charge in [0.1, 0.15) is 5.82 Å². The molecule has 1 fully saturated rings. The van der Waals surface area contributed by atoms with Crippen LogP contribution < -0.4 is 5.32 Å². The lowest BCUT2D eigenvalue weighted by Crippen LogP contribution is -2.39. The van der Waals surface area contributed by atoms with Gasteiger partial charge in [0.15, 0.2) is 0 Å². The number of rotatable bonds is 6. The van der Waals surface area contributed by atoms with Gasteiger partial charge < -0.3 is 5.32 Å². The van der Waals surface area contributed by atoms with E-state index in [4.69, 9.17) is 0 Å². The Morgan fingerprint density at radius 1 is 1.29 bits per heavy atom. The van der Waals surface area contributed by atoms with Crippen molar-refractivity contribution in [3.05, 3.63) is 35.1 Å². The molecule has 3 atom stereocenters. The molecule has 1 N–H and O–H groups in total. The van der Waals surface area contributed by atoms with E-state index in [0.29, 0.717) is 10.5 Å². The first-order valence-electron chi connectivity index (χ1n) is 7.90. The lowest BCUT2D eigenvalue weighted by Gasteiger charge is -2.37. The quantitative estimate of drug-likeness (QED) is 0.806. The maximum Gasteiger partial charge on any atom is 0.128 e. The molecule has 4 heteroatoms. The number of nitrogens with one attached hydrogen (secondary N) is 1. The van der Waals surface area contributed by atoms with E-state index in [1.807, 2.05) is 30.8 Å². The Kier molecular flexibility index (Phi) is 6.90. The topological polar surface area (TPSA) is 12.0 Å². The number of halogens is 1. The fourth-order valence-corrected chi connectivity index (χ4v) is 6.09. The summed E-state index contributed by atoms with van der Waals surface area (Å²) in [5.74, 6) is 2.32. The van der Waals surface area contributed by atoms with Crippen LogP contribution in [0.2, 0.25) is 0 Å². The number of thioether (sulfide) groups is 2. The van der Waals surface area contributed by atoms with Crippen LogP contribution in [0.25, 0.3) is 0 Å². The van der Waals surface area contributed by atoms with Crippen molar-refractivity contribution in [3.63, 3.8) is 0 Å². The lowest BCUT2D eigenvalue weighted by atomic mass is 9.97. The van der Waals surface area contributed by atoms with E-state index >= 15 is 0 Å². The van der Waals surface area contributed by atoms with E-state index in [1.165, 1.54) is 11.5 Å². The fraction of sp³-hybridized carbons (Fsp3) is 0.647. The van der Waals surface area contributed by atoms with E-state index in [1.54, 1.807) is 6.07 Å². The predicted molar refractivity (Wildman–Crippen MR) is 95.0 cm³/mol. The number of benzene rings is 1. The van der Waals surface area contributed by atoms with Gasteiger partial charge in [-0.3, -0.25) is 0 Å². The molecule has 21 heavy (non-hydrogen) atoms. The maximum absolute atomic E-state index is 14.4. The van der Waals surface area contributed by atoms with Gasteiger partial charge in [-0.05, 0) is 32.4 Å². The molecule has 1 aromatic carbocycles. The number of aryl methyl sites for hydroxylation is 1. The van der Waals surface area contributed by atoms with Crippen LogP contribution in [-0.2, 0) is 0 Å². The monoisotopic (exact) mass is 327 g/mol. The zero-order valence-electron chi connectivity index (χ0n) is 13.2. The van der Waals surface area contributed by atoms with Crippen LogP contribution in [0.5, 0.6) is 0 Å². The third kappa shape index (κ3) is 4.40. The molecule has 118 valence electrons. The molecule has 0 aliphatic carbocycles. The first kappa shape index (κ1) is 17.2. The summed E-state index contributed by atoms with van der Waals surface area (Å²) in [6.45, 7) is 7.40. The van der Waals surface area contributed by atoms with Crippen molar-refractivity contribution < 1.29 is 4.39 Å². The van der Waals surface area contributed by atoms with E-state index in [2.05, 4.69) is 30.9 Å². The van der Waals surface area contributed by atoms with Crippen LogP contribution in [-0.4, -0.2) is 28.6 Å². The average molecular weight is 328 g/mol. The summed E-state index contributed by atoms with van der Waals surface area (Å²) in [5, 5.41) is 4.68. The van der Waals surface area contributed by atoms with Crippen molar-refractivity contribution in [1.82, 2.24) is 5.32 Å². The van der Waals surface area contributed by atoms with Gasteiger partial charge in [-0.15, -0.1) is 0 Å². The van der Waals surface area contributed by atoms with Crippen LogP contribution in [0.3, 0.4) is 0 Å². The van der Waals surface area contributed by atoms with Gasteiger partial charge in [-0.1, -0.05) is 31.5 Å². The van der Waals surface area contributed by atoms with Crippen LogP contribution in [0.1, 0.15) is 43.9 Å². The molecular formula is C17H26FNS2. The highest BCUT2D eigenvalue weighted by molar-refractivity contribution is 8.07. The molecule has 1 saturated heterocycles. The van der Waals surface area contributed by atoms with E-state index in [9.17, 15) is 4.39 Å². The number of hydrogen-bond donors (Lipinski definition) is 1. The van der Waals surface area contributed by atoms with E-state index in [-0.39, 0.29) is 11.9 Å². The molecule has 0 spiro atoms. The zero-order valence-corrected chi connectivity index (χ0v) is 14.8. The molecule has 1 aromatic rings. The highest BCUT2D eigenvalue weighted by Gasteiger charge is 2.33. The predicted octanol–water partition coefficient (Wildman–Crippen LogP) is 4.80. The Morgan fingerprint density at radius 3 is 2.76 bits per heavy atom. The Labute approximate surface area is 136 Å². The summed E-state index contributed by atoms with van der Waals surface area (Å²) >= 11 is 4.07. The molecule has 1 nitrogen and oxygen atoms in total. The molecule has 0 aromatic heterocycles. The molecular weight excluding hydrogens is 301 g/mol. The lowest BCUT2D eigenvalue weighted by molar-refractivity contribution is 0.473. The molecule has 0 bridgehead atoms. The summed E-state index contributed by atoms with van der Waals surface area (Å²) in [5.41, 5.74) is 1.98. The van der Waals surface area contributed by atoms with E-state index in [0.717, 1.165) is 30.5 Å². The smallest absolute Gasteiger partial charge is 0.128 e. The average Bonchev–Trinajstić information content (AvgIpc) is 2.51. The van der Waals surface area contributed by atoms with Crippen molar-refractivity contribution in [2.45, 2.75) is 50.2 Å². The van der Waals surface area contributed by atoms with Gasteiger partial charge in [0.25, 0.3) is 0 Å². The van der Waals surface area contributed by atoms with Gasteiger partial charge >= 0.3 is 0 Å². The summed E-state index contributed by atoms with van der Waals surface area (Å²) in [6, 6.07) is 5.62. The summed E-state index contributed by atoms with van der Waals surface area (Å²) in [4.78, 5) is 0. The second kappa shape index (κ2) is 8.44. The Hall–Kier alpha value is -0.190. The molecule has 0 saturated carbocycles. The minimum Gasteiger partial charge on any atom is -0.309 e. The minimum absolute atomic E-state index is 0.0692. The third-order valence-corrected chi connectivity index (χ3v) is 7.27. The summed E-state index contributed by atoms with van der Waals surface area (Å²) in [7, 11) is 0. The first-order chi connectivity index (χ1) is 10.2. The molecule has 1 heterocycles. The Morgan fingerprint density at radius 2 is 2.05 bits per heavy atom. The van der Waals surface area contributed by atoms with Gasteiger partial charge in [0, 0.05) is 33.6 Å². The summed E-state index contributed by atoms with van der Waals surface area (Å²) < 4.78 is 14.4. The summed E-state index contributed by atoms with van der Waals surface area (Å²) in [6.07, 6.45) is 2.23. The second-order valence-corrected chi connectivity index (χ2v) is 8.24. The Bertz CT molecular complexity index is 452. The first-order valence-corrected chi connectivity index (χ1v) is 9.99. The van der Waals surface area contributed by atoms with Crippen LogP contribution >= 0.6 is 23.5 Å². The fourth-order valence-electron chi connectivity index (χ4n) is 2.85. The largest absolute Gasteiger partial charge is 0.309 e. The van der Waals surface area contributed by atoms with Gasteiger partial charge in [0.2, 0.25) is 0 Å². The molecule has 3 unspecified atom stereocenters. The van der Waals surface area contributed by atoms with Gasteiger partial charge in [-0.2, -0.15) is 23.5 Å². The normalized spacial score (nSPS) is 24.0. The second-order valence-electron chi connectivity index (χ2n) is 5.61. The number of hydrogen-bond acceptors (Lipinski definition) is 3. The van der Waals surface area contributed by atoms with Crippen molar-refractivity contribution in [3.8, 4) is 0 Å². The molecule has 1 aliphatic heterocycles. The molecule has 0 radical (unpaired) electrons. The Balaban J connectivity index is 2.30. The molecule has 0 amide bonds. The van der Waals surface area contributed by atoms with Crippen molar-refractivity contribution >= 4 is 23.5 Å². The van der Waals surface area contributed by atoms with E-state index < -0.39 is 0 Å². The highest BCUT2D eigenvalue weighted by Crippen LogP contribution is 2.41. The van der Waals surface area contributed by atoms with Crippen molar-refractivity contribution in [1.29, 1.82) is 0 Å². The minimum atomic E-state index is -0.0692. The molecule has 2 rings (SSSR count). The van der Waals surface area contributed by atoms with Gasteiger partial charge in [-0.25, -0.2) is 4.39 Å². The SMILES string of the molecule is CCCNC(c1cc(C)ccc1F)C1SCCSC1CC. The van der Waals surface area contributed by atoms with Crippen molar-refractivity contribution in [2.75, 3.05) is 18.1 Å². The molecule has 1 aliphatic rings. The zero-order chi connectivity index (χ0) is 15.2. The highest BCUT2D eigenvalue weighted by atomic mass is 32.2. The van der Waals surface area contributed by atoms with Crippen LogP contribution in [0.15, 0.2) is 18.2 Å². The standard InChI is InChI=1S/C17H26FNS2/c1-4-8-19-16(13-11-12(3)6-7-14(13)18)17-15(5-2)20-9-10-21-17/h6-7,11,15-17,19H,4-5,8-10H2,1-3H3. The van der Waals surface area contributed by atoms with Crippen LogP contribution in [0.4, 0.5) is 4.39 Å². The van der Waals surface area contributed by atoms with Crippen LogP contribution in [0, 0.1) is 12.7 Å². The third-order valence-electron chi connectivity index (χ3n) is 3.92. The van der Waals surface area contributed by atoms with Gasteiger partial charge in [0.05, 0.1) is 0 Å². The maximum atomic E-state index is 14.4.